The third-order valence-electron chi connectivity index (χ3n) is 3.73. The Labute approximate surface area is 121 Å². The molecule has 0 aliphatic heterocycles. The number of nitrogens with zero attached hydrogens (tertiary/aromatic N) is 4. The van der Waals surface area contributed by atoms with Crippen LogP contribution in [0.5, 0.6) is 0 Å². The molecule has 1 atom stereocenters. The van der Waals surface area contributed by atoms with Crippen LogP contribution in [0.2, 0.25) is 0 Å². The molecule has 2 aromatic rings. The van der Waals surface area contributed by atoms with Gasteiger partial charge in [0, 0.05) is 25.5 Å². The molecule has 1 N–H and O–H groups in total. The van der Waals surface area contributed by atoms with E-state index in [0.29, 0.717) is 12.0 Å². The maximum absolute atomic E-state index is 4.21. The Morgan fingerprint density at radius 1 is 1.30 bits per heavy atom. The molecule has 0 fully saturated rings. The fourth-order valence-electron chi connectivity index (χ4n) is 2.45. The van der Waals surface area contributed by atoms with Crippen LogP contribution in [0.25, 0.3) is 0 Å². The minimum Gasteiger partial charge on any atom is -0.346 e. The average molecular weight is 275 g/mol. The van der Waals surface area contributed by atoms with Gasteiger partial charge in [0.1, 0.15) is 5.82 Å². The van der Waals surface area contributed by atoms with E-state index in [4.69, 9.17) is 0 Å². The van der Waals surface area contributed by atoms with Gasteiger partial charge >= 0.3 is 0 Å². The molecule has 0 aromatic carbocycles. The summed E-state index contributed by atoms with van der Waals surface area (Å²) in [6.07, 6.45) is 4.32. The molecule has 5 heteroatoms. The molecule has 1 unspecified atom stereocenters. The maximum atomic E-state index is 4.21. The summed E-state index contributed by atoms with van der Waals surface area (Å²) in [5.41, 5.74) is 1.33. The molecule has 0 aliphatic rings. The quantitative estimate of drug-likeness (QED) is 0.880. The summed E-state index contributed by atoms with van der Waals surface area (Å²) >= 11 is 0. The van der Waals surface area contributed by atoms with Crippen molar-refractivity contribution in [2.75, 3.05) is 6.54 Å². The van der Waals surface area contributed by atoms with Gasteiger partial charge in [-0.2, -0.15) is 0 Å². The molecular formula is C15H25N5. The van der Waals surface area contributed by atoms with Crippen molar-refractivity contribution in [3.63, 3.8) is 0 Å². The zero-order valence-electron chi connectivity index (χ0n) is 13.1. The van der Waals surface area contributed by atoms with Crippen LogP contribution in [-0.2, 0) is 13.6 Å². The highest BCUT2D eigenvalue weighted by molar-refractivity contribution is 5.17. The normalized spacial score (nSPS) is 13.1. The molecule has 0 bridgehead atoms. The highest BCUT2D eigenvalue weighted by Crippen LogP contribution is 2.22. The molecule has 0 saturated heterocycles. The average Bonchev–Trinajstić information content (AvgIpc) is 2.98. The van der Waals surface area contributed by atoms with Crippen LogP contribution < -0.4 is 5.32 Å². The first kappa shape index (κ1) is 14.8. The number of hydrogen-bond donors (Lipinski definition) is 1. The summed E-state index contributed by atoms with van der Waals surface area (Å²) < 4.78 is 4.20. The van der Waals surface area contributed by atoms with Crippen LogP contribution in [-0.4, -0.2) is 25.9 Å². The summed E-state index contributed by atoms with van der Waals surface area (Å²) in [7, 11) is 2.00. The van der Waals surface area contributed by atoms with E-state index in [1.165, 1.54) is 5.56 Å². The Morgan fingerprint density at radius 3 is 2.60 bits per heavy atom. The van der Waals surface area contributed by atoms with Gasteiger partial charge in [0.25, 0.3) is 0 Å². The van der Waals surface area contributed by atoms with Crippen LogP contribution in [0, 0.1) is 12.8 Å². The summed E-state index contributed by atoms with van der Waals surface area (Å²) in [6.45, 7) is 10.4. The van der Waals surface area contributed by atoms with Crippen molar-refractivity contribution in [2.24, 2.45) is 13.0 Å². The molecule has 0 spiro atoms. The molecular weight excluding hydrogens is 250 g/mol. The summed E-state index contributed by atoms with van der Waals surface area (Å²) in [5.74, 6) is 2.50. The van der Waals surface area contributed by atoms with Crippen LogP contribution in [0.1, 0.15) is 44.0 Å². The van der Waals surface area contributed by atoms with Gasteiger partial charge in [-0.05, 0) is 31.0 Å². The van der Waals surface area contributed by atoms with E-state index >= 15 is 0 Å². The highest BCUT2D eigenvalue weighted by Gasteiger charge is 2.16. The minimum absolute atomic E-state index is 0.405. The van der Waals surface area contributed by atoms with Gasteiger partial charge in [0.2, 0.25) is 0 Å². The van der Waals surface area contributed by atoms with Crippen LogP contribution >= 0.6 is 0 Å². The second-order valence-electron chi connectivity index (χ2n) is 5.62. The lowest BCUT2D eigenvalue weighted by Crippen LogP contribution is -2.25. The van der Waals surface area contributed by atoms with E-state index in [1.807, 2.05) is 18.5 Å². The largest absolute Gasteiger partial charge is 0.346 e. The van der Waals surface area contributed by atoms with Gasteiger partial charge in [0.15, 0.2) is 5.82 Å². The Hall–Kier alpha value is -1.62. The van der Waals surface area contributed by atoms with Gasteiger partial charge in [-0.25, -0.2) is 0 Å². The van der Waals surface area contributed by atoms with Gasteiger partial charge < -0.3 is 14.5 Å². The van der Waals surface area contributed by atoms with Crippen molar-refractivity contribution in [1.29, 1.82) is 0 Å². The SMILES string of the molecule is CCNC(c1ccn(Cc2nnc(C)n2C)c1)C(C)C. The number of hydrogen-bond acceptors (Lipinski definition) is 3. The van der Waals surface area contributed by atoms with E-state index in [1.54, 1.807) is 0 Å². The number of rotatable bonds is 6. The van der Waals surface area contributed by atoms with Crippen molar-refractivity contribution in [1.82, 2.24) is 24.6 Å². The fourth-order valence-corrected chi connectivity index (χ4v) is 2.45. The Kier molecular flexibility index (Phi) is 4.60. The highest BCUT2D eigenvalue weighted by atomic mass is 15.3. The Bertz CT molecular complexity index is 552. The lowest BCUT2D eigenvalue weighted by Gasteiger charge is -2.20. The van der Waals surface area contributed by atoms with E-state index in [0.717, 1.165) is 24.7 Å². The van der Waals surface area contributed by atoms with E-state index in [9.17, 15) is 0 Å². The van der Waals surface area contributed by atoms with E-state index < -0.39 is 0 Å². The minimum atomic E-state index is 0.405. The number of aromatic nitrogens is 4. The Morgan fingerprint density at radius 2 is 2.05 bits per heavy atom. The fraction of sp³-hybridized carbons (Fsp3) is 0.600. The van der Waals surface area contributed by atoms with Crippen LogP contribution in [0.3, 0.4) is 0 Å². The van der Waals surface area contributed by atoms with Crippen molar-refractivity contribution < 1.29 is 0 Å². The first-order chi connectivity index (χ1) is 9.52. The molecule has 110 valence electrons. The van der Waals surface area contributed by atoms with E-state index in [-0.39, 0.29) is 0 Å². The number of aryl methyl sites for hydroxylation is 1. The molecule has 2 rings (SSSR count). The smallest absolute Gasteiger partial charge is 0.152 e. The third-order valence-corrected chi connectivity index (χ3v) is 3.73. The van der Waals surface area contributed by atoms with Gasteiger partial charge in [-0.1, -0.05) is 20.8 Å². The molecule has 2 heterocycles. The van der Waals surface area contributed by atoms with Gasteiger partial charge in [0.05, 0.1) is 6.54 Å². The standard InChI is InChI=1S/C15H25N5/c1-6-16-15(11(2)3)13-7-8-20(9-13)10-14-18-17-12(4)19(14)5/h7-9,11,15-16H,6,10H2,1-5H3. The Balaban J connectivity index is 2.14. The third kappa shape index (κ3) is 3.10. The van der Waals surface area contributed by atoms with Crippen LogP contribution in [0.15, 0.2) is 18.5 Å². The first-order valence-electron chi connectivity index (χ1n) is 7.26. The molecule has 0 radical (unpaired) electrons. The molecule has 5 nitrogen and oxygen atoms in total. The van der Waals surface area contributed by atoms with E-state index in [2.05, 4.69) is 59.3 Å². The van der Waals surface area contributed by atoms with Gasteiger partial charge in [-0.3, -0.25) is 0 Å². The summed E-state index contributed by atoms with van der Waals surface area (Å²) in [4.78, 5) is 0. The topological polar surface area (TPSA) is 47.7 Å². The molecule has 0 amide bonds. The molecule has 20 heavy (non-hydrogen) atoms. The first-order valence-corrected chi connectivity index (χ1v) is 7.26. The van der Waals surface area contributed by atoms with Crippen LogP contribution in [0.4, 0.5) is 0 Å². The predicted octanol–water partition coefficient (Wildman–Crippen LogP) is 2.28. The molecule has 0 aliphatic carbocycles. The van der Waals surface area contributed by atoms with Gasteiger partial charge in [-0.15, -0.1) is 10.2 Å². The van der Waals surface area contributed by atoms with Crippen molar-refractivity contribution >= 4 is 0 Å². The maximum Gasteiger partial charge on any atom is 0.152 e. The van der Waals surface area contributed by atoms with Crippen molar-refractivity contribution in [3.8, 4) is 0 Å². The summed E-state index contributed by atoms with van der Waals surface area (Å²) in [6, 6.07) is 2.60. The molecule has 2 aromatic heterocycles. The van der Waals surface area contributed by atoms with Crippen molar-refractivity contribution in [3.05, 3.63) is 35.7 Å². The monoisotopic (exact) mass is 275 g/mol. The number of nitrogens with one attached hydrogen (secondary N) is 1. The lowest BCUT2D eigenvalue weighted by atomic mass is 9.98. The lowest BCUT2D eigenvalue weighted by molar-refractivity contribution is 0.421. The zero-order chi connectivity index (χ0) is 14.7. The second kappa shape index (κ2) is 6.22. The zero-order valence-corrected chi connectivity index (χ0v) is 13.1. The van der Waals surface area contributed by atoms with Crippen molar-refractivity contribution in [2.45, 2.75) is 40.3 Å². The summed E-state index contributed by atoms with van der Waals surface area (Å²) in [5, 5.41) is 11.9. The predicted molar refractivity (Wildman–Crippen MR) is 80.5 cm³/mol. The molecule has 0 saturated carbocycles. The second-order valence-corrected chi connectivity index (χ2v) is 5.62.